The predicted octanol–water partition coefficient (Wildman–Crippen LogP) is -0.416. The molecule has 192 valence electrons. The number of carbonyl (C=O) groups excluding carboxylic acids is 4. The molecule has 13 heteroatoms. The zero-order valence-corrected chi connectivity index (χ0v) is 20.0. The first-order chi connectivity index (χ1) is 16.6. The van der Waals surface area contributed by atoms with Crippen LogP contribution in [0, 0.1) is 0 Å². The summed E-state index contributed by atoms with van der Waals surface area (Å²) in [5, 5.41) is 11.4. The van der Waals surface area contributed by atoms with Gasteiger partial charge in [0.05, 0.1) is 17.8 Å². The quantitative estimate of drug-likeness (QED) is 0.186. The summed E-state index contributed by atoms with van der Waals surface area (Å²) >= 11 is 6.05. The van der Waals surface area contributed by atoms with E-state index in [1.54, 1.807) is 18.2 Å². The van der Waals surface area contributed by atoms with Gasteiger partial charge in [-0.05, 0) is 37.6 Å². The molecule has 12 nitrogen and oxygen atoms in total. The molecule has 0 unspecified atom stereocenters. The summed E-state index contributed by atoms with van der Waals surface area (Å²) in [5.74, 6) is -1.78. The lowest BCUT2D eigenvalue weighted by Crippen LogP contribution is -2.48. The number of fused-ring (bicyclic) bond motifs is 1. The molecule has 1 aromatic rings. The van der Waals surface area contributed by atoms with Crippen LogP contribution in [0.3, 0.4) is 0 Å². The lowest BCUT2D eigenvalue weighted by atomic mass is 10.1. The minimum atomic E-state index is -1.01. The van der Waals surface area contributed by atoms with E-state index in [9.17, 15) is 24.4 Å². The number of rotatable bonds is 10. The van der Waals surface area contributed by atoms with E-state index in [1.807, 2.05) is 0 Å². The Morgan fingerprint density at radius 3 is 2.71 bits per heavy atom. The smallest absolute Gasteiger partial charge is 0.265 e. The SMILES string of the molecule is NCCCC[C@H](N)C(=O)N(O)[C@H]1C[C@@H](C(N)=O)N(C(=O)CCN2C(=O)COc3ccc(Cl)cc32)C1. The van der Waals surface area contributed by atoms with Gasteiger partial charge in [-0.3, -0.25) is 24.4 Å². The Kier molecular flexibility index (Phi) is 8.89. The van der Waals surface area contributed by atoms with Crippen LogP contribution in [0.4, 0.5) is 5.69 Å². The highest BCUT2D eigenvalue weighted by Gasteiger charge is 2.43. The highest BCUT2D eigenvalue weighted by molar-refractivity contribution is 6.31. The standard InChI is InChI=1S/C22H31ClN6O6/c23-13-4-5-18-16(9-13)27(20(31)12-35-18)8-6-19(30)28-11-14(10-17(28)21(26)32)29(34)22(33)15(25)3-1-2-7-24/h4-5,9,14-15,17,34H,1-3,6-8,10-12,24-25H2,(H2,26,32)/t14-,15-,17-/m0/s1. The molecule has 0 bridgehead atoms. The van der Waals surface area contributed by atoms with E-state index in [0.717, 1.165) is 0 Å². The van der Waals surface area contributed by atoms with Crippen LogP contribution >= 0.6 is 11.6 Å². The number of ether oxygens (including phenoxy) is 1. The number of primary amides is 1. The Morgan fingerprint density at radius 1 is 1.29 bits per heavy atom. The number of hydrogen-bond donors (Lipinski definition) is 4. The van der Waals surface area contributed by atoms with Gasteiger partial charge in [0.25, 0.3) is 11.8 Å². The van der Waals surface area contributed by atoms with Crippen LogP contribution in [0.2, 0.25) is 5.02 Å². The molecule has 1 saturated heterocycles. The Labute approximate surface area is 207 Å². The largest absolute Gasteiger partial charge is 0.482 e. The zero-order valence-electron chi connectivity index (χ0n) is 19.3. The van der Waals surface area contributed by atoms with Crippen molar-refractivity contribution in [1.82, 2.24) is 9.96 Å². The Bertz CT molecular complexity index is 978. The second kappa shape index (κ2) is 11.7. The first kappa shape index (κ1) is 26.7. The van der Waals surface area contributed by atoms with Gasteiger partial charge in [-0.15, -0.1) is 0 Å². The van der Waals surface area contributed by atoms with E-state index >= 15 is 0 Å². The van der Waals surface area contributed by atoms with Gasteiger partial charge in [-0.2, -0.15) is 0 Å². The number of hydrogen-bond acceptors (Lipinski definition) is 8. The molecule has 1 aromatic carbocycles. The number of anilines is 1. The van der Waals surface area contributed by atoms with Crippen LogP contribution < -0.4 is 26.8 Å². The van der Waals surface area contributed by atoms with Crippen molar-refractivity contribution in [2.24, 2.45) is 17.2 Å². The third-order valence-electron chi connectivity index (χ3n) is 6.20. The molecule has 2 aliphatic heterocycles. The summed E-state index contributed by atoms with van der Waals surface area (Å²) in [4.78, 5) is 52.6. The van der Waals surface area contributed by atoms with Crippen molar-refractivity contribution in [1.29, 1.82) is 0 Å². The molecular formula is C22H31ClN6O6. The molecule has 0 saturated carbocycles. The van der Waals surface area contributed by atoms with Gasteiger partial charge in [-0.25, -0.2) is 5.06 Å². The third-order valence-corrected chi connectivity index (χ3v) is 6.43. The summed E-state index contributed by atoms with van der Waals surface area (Å²) in [7, 11) is 0. The number of nitrogens with zero attached hydrogens (tertiary/aromatic N) is 3. The Balaban J connectivity index is 1.65. The maximum atomic E-state index is 13.0. The third kappa shape index (κ3) is 6.20. The van der Waals surface area contributed by atoms with Crippen molar-refractivity contribution in [3.05, 3.63) is 23.2 Å². The molecule has 3 rings (SSSR count). The summed E-state index contributed by atoms with van der Waals surface area (Å²) < 4.78 is 5.40. The number of hydroxylamine groups is 2. The molecule has 35 heavy (non-hydrogen) atoms. The molecule has 0 aliphatic carbocycles. The zero-order chi connectivity index (χ0) is 25.7. The van der Waals surface area contributed by atoms with E-state index < -0.39 is 35.8 Å². The second-order valence-electron chi connectivity index (χ2n) is 8.62. The van der Waals surface area contributed by atoms with Gasteiger partial charge in [-0.1, -0.05) is 18.0 Å². The van der Waals surface area contributed by atoms with Crippen LogP contribution in [-0.4, -0.2) is 83.2 Å². The van der Waals surface area contributed by atoms with Gasteiger partial charge in [0.1, 0.15) is 11.8 Å². The number of benzene rings is 1. The Morgan fingerprint density at radius 2 is 2.03 bits per heavy atom. The average molecular weight is 511 g/mol. The maximum Gasteiger partial charge on any atom is 0.265 e. The molecule has 2 heterocycles. The van der Waals surface area contributed by atoms with Crippen LogP contribution in [-0.2, 0) is 19.2 Å². The highest BCUT2D eigenvalue weighted by atomic mass is 35.5. The number of likely N-dealkylation sites (tertiary alicyclic amines) is 1. The van der Waals surface area contributed by atoms with Crippen LogP contribution in [0.5, 0.6) is 5.75 Å². The van der Waals surface area contributed by atoms with Gasteiger partial charge in [0.15, 0.2) is 6.61 Å². The number of unbranched alkanes of at least 4 members (excludes halogenated alkanes) is 1. The lowest BCUT2D eigenvalue weighted by molar-refractivity contribution is -0.176. The summed E-state index contributed by atoms with van der Waals surface area (Å²) in [6.45, 7) is 0.225. The minimum absolute atomic E-state index is 0.0201. The molecule has 1 fully saturated rings. The monoisotopic (exact) mass is 510 g/mol. The van der Waals surface area contributed by atoms with Gasteiger partial charge < -0.3 is 31.7 Å². The Hall–Kier alpha value is -2.93. The lowest BCUT2D eigenvalue weighted by Gasteiger charge is -2.30. The fraction of sp³-hybridized carbons (Fsp3) is 0.545. The van der Waals surface area contributed by atoms with Crippen LogP contribution in [0.25, 0.3) is 0 Å². The normalized spacial score (nSPS) is 20.3. The molecular weight excluding hydrogens is 480 g/mol. The minimum Gasteiger partial charge on any atom is -0.482 e. The number of carbonyl (C=O) groups is 4. The van der Waals surface area contributed by atoms with Crippen molar-refractivity contribution in [3.8, 4) is 5.75 Å². The van der Waals surface area contributed by atoms with Gasteiger partial charge >= 0.3 is 0 Å². The molecule has 3 atom stereocenters. The van der Waals surface area contributed by atoms with E-state index in [4.69, 9.17) is 33.5 Å². The summed E-state index contributed by atoms with van der Waals surface area (Å²) in [5.41, 5.74) is 17.3. The van der Waals surface area contributed by atoms with Crippen molar-refractivity contribution < 1.29 is 29.1 Å². The van der Waals surface area contributed by atoms with Crippen LogP contribution in [0.15, 0.2) is 18.2 Å². The fourth-order valence-corrected chi connectivity index (χ4v) is 4.46. The van der Waals surface area contributed by atoms with Gasteiger partial charge in [0, 0.05) is 31.0 Å². The number of amides is 4. The van der Waals surface area contributed by atoms with E-state index in [-0.39, 0.29) is 38.4 Å². The number of nitrogens with two attached hydrogens (primary N) is 3. The highest BCUT2D eigenvalue weighted by Crippen LogP contribution is 2.34. The average Bonchev–Trinajstić information content (AvgIpc) is 3.28. The van der Waals surface area contributed by atoms with Crippen LogP contribution in [0.1, 0.15) is 32.1 Å². The van der Waals surface area contributed by atoms with Crippen molar-refractivity contribution in [2.45, 2.75) is 50.2 Å². The summed E-state index contributed by atoms with van der Waals surface area (Å²) in [6.07, 6.45) is 1.54. The topological polar surface area (TPSA) is 186 Å². The fourth-order valence-electron chi connectivity index (χ4n) is 4.29. The molecule has 0 radical (unpaired) electrons. The first-order valence-electron chi connectivity index (χ1n) is 11.4. The molecule has 0 spiro atoms. The summed E-state index contributed by atoms with van der Waals surface area (Å²) in [6, 6.07) is 2.07. The predicted molar refractivity (Wildman–Crippen MR) is 127 cm³/mol. The molecule has 2 aliphatic rings. The van der Waals surface area contributed by atoms with E-state index in [2.05, 4.69) is 0 Å². The van der Waals surface area contributed by atoms with Crippen molar-refractivity contribution >= 4 is 40.9 Å². The van der Waals surface area contributed by atoms with E-state index in [0.29, 0.717) is 47.3 Å². The number of halogens is 1. The molecule has 7 N–H and O–H groups in total. The maximum absolute atomic E-state index is 13.0. The first-order valence-corrected chi connectivity index (χ1v) is 11.8. The van der Waals surface area contributed by atoms with E-state index in [1.165, 1.54) is 9.80 Å². The van der Waals surface area contributed by atoms with Crippen molar-refractivity contribution in [2.75, 3.05) is 31.1 Å². The van der Waals surface area contributed by atoms with Gasteiger partial charge in [0.2, 0.25) is 11.8 Å². The second-order valence-corrected chi connectivity index (χ2v) is 9.06. The molecule has 4 amide bonds. The molecule has 0 aromatic heterocycles. The van der Waals surface area contributed by atoms with Crippen molar-refractivity contribution in [3.63, 3.8) is 0 Å².